The first kappa shape index (κ1) is 18.6. The average Bonchev–Trinajstić information content (AvgIpc) is 3.47. The highest BCUT2D eigenvalue weighted by atomic mass is 16.2. The highest BCUT2D eigenvalue weighted by Crippen LogP contribution is 2.54. The first-order chi connectivity index (χ1) is 14.5. The summed E-state index contributed by atoms with van der Waals surface area (Å²) in [4.78, 5) is 24.3. The monoisotopic (exact) mass is 396 g/mol. The van der Waals surface area contributed by atoms with Crippen molar-refractivity contribution in [3.63, 3.8) is 0 Å². The minimum atomic E-state index is 0.00963. The molecule has 0 spiro atoms. The molecule has 4 aromatic rings. The third-order valence-corrected chi connectivity index (χ3v) is 5.86. The molecule has 150 valence electrons. The number of benzene rings is 2. The van der Waals surface area contributed by atoms with E-state index in [1.165, 1.54) is 0 Å². The Kier molecular flexibility index (Phi) is 4.39. The number of aromatic nitrogens is 3. The summed E-state index contributed by atoms with van der Waals surface area (Å²) in [5, 5.41) is 0.903. The zero-order valence-corrected chi connectivity index (χ0v) is 17.4. The molecule has 5 heteroatoms. The fourth-order valence-corrected chi connectivity index (χ4v) is 4.18. The van der Waals surface area contributed by atoms with Gasteiger partial charge in [-0.3, -0.25) is 9.78 Å². The molecule has 0 bridgehead atoms. The van der Waals surface area contributed by atoms with Gasteiger partial charge in [0, 0.05) is 55.8 Å². The highest BCUT2D eigenvalue weighted by molar-refractivity contribution is 6.06. The first-order valence-electron chi connectivity index (χ1n) is 10.2. The topological polar surface area (TPSA) is 51.0 Å². The van der Waals surface area contributed by atoms with Gasteiger partial charge >= 0.3 is 0 Å². The number of imidazole rings is 1. The Morgan fingerprint density at radius 2 is 1.73 bits per heavy atom. The summed E-state index contributed by atoms with van der Waals surface area (Å²) in [7, 11) is 5.63. The fraction of sp³-hybridized carbons (Fsp3) is 0.240. The number of aryl methyl sites for hydroxylation is 1. The van der Waals surface area contributed by atoms with Crippen molar-refractivity contribution >= 4 is 16.8 Å². The average molecular weight is 396 g/mol. The van der Waals surface area contributed by atoms with E-state index < -0.39 is 0 Å². The molecule has 2 unspecified atom stereocenters. The maximum atomic E-state index is 12.8. The summed E-state index contributed by atoms with van der Waals surface area (Å²) >= 11 is 0. The van der Waals surface area contributed by atoms with Gasteiger partial charge in [-0.1, -0.05) is 48.5 Å². The number of carbonyl (C=O) groups excluding carboxylic acids is 1. The van der Waals surface area contributed by atoms with E-state index in [1.54, 1.807) is 19.0 Å². The van der Waals surface area contributed by atoms with Crippen LogP contribution in [0.25, 0.3) is 22.2 Å². The number of amides is 1. The van der Waals surface area contributed by atoms with E-state index in [0.717, 1.165) is 45.7 Å². The molecular formula is C25H24N4O. The molecule has 1 aliphatic rings. The number of fused-ring (bicyclic) bond motifs is 1. The van der Waals surface area contributed by atoms with Gasteiger partial charge in [0.2, 0.25) is 0 Å². The summed E-state index contributed by atoms with van der Waals surface area (Å²) in [6, 6.07) is 20.1. The fourth-order valence-electron chi connectivity index (χ4n) is 4.18. The van der Waals surface area contributed by atoms with Crippen molar-refractivity contribution in [2.75, 3.05) is 14.1 Å². The molecule has 0 aliphatic heterocycles. The molecule has 5 rings (SSSR count). The Balaban J connectivity index is 1.50. The van der Waals surface area contributed by atoms with Gasteiger partial charge in [0.1, 0.15) is 5.82 Å². The zero-order valence-electron chi connectivity index (χ0n) is 17.4. The highest BCUT2D eigenvalue weighted by Gasteiger charge is 2.44. The number of nitrogens with zero attached hydrogens (tertiary/aromatic N) is 4. The van der Waals surface area contributed by atoms with Crippen molar-refractivity contribution in [2.45, 2.75) is 18.3 Å². The molecule has 1 amide bonds. The van der Waals surface area contributed by atoms with Gasteiger partial charge in [-0.25, -0.2) is 4.98 Å². The number of rotatable bonds is 4. The predicted octanol–water partition coefficient (Wildman–Crippen LogP) is 4.61. The van der Waals surface area contributed by atoms with E-state index in [4.69, 9.17) is 9.97 Å². The lowest BCUT2D eigenvalue weighted by Crippen LogP contribution is -2.22. The van der Waals surface area contributed by atoms with Crippen LogP contribution in [0.2, 0.25) is 0 Å². The maximum absolute atomic E-state index is 12.8. The summed E-state index contributed by atoms with van der Waals surface area (Å²) in [5.41, 5.74) is 4.69. The van der Waals surface area contributed by atoms with Crippen molar-refractivity contribution < 1.29 is 4.79 Å². The summed E-state index contributed by atoms with van der Waals surface area (Å²) in [5.74, 6) is 1.70. The lowest BCUT2D eigenvalue weighted by Gasteiger charge is -2.14. The largest absolute Gasteiger partial charge is 0.345 e. The third-order valence-electron chi connectivity index (χ3n) is 5.86. The van der Waals surface area contributed by atoms with Crippen LogP contribution >= 0.6 is 0 Å². The van der Waals surface area contributed by atoms with E-state index >= 15 is 0 Å². The van der Waals surface area contributed by atoms with E-state index in [0.29, 0.717) is 5.92 Å². The molecule has 0 saturated heterocycles. The van der Waals surface area contributed by atoms with E-state index in [2.05, 4.69) is 29.9 Å². The molecule has 0 radical (unpaired) electrons. The van der Waals surface area contributed by atoms with E-state index in [9.17, 15) is 4.79 Å². The van der Waals surface area contributed by atoms with Crippen LogP contribution < -0.4 is 0 Å². The van der Waals surface area contributed by atoms with Crippen LogP contribution in [0.5, 0.6) is 0 Å². The predicted molar refractivity (Wildman–Crippen MR) is 119 cm³/mol. The van der Waals surface area contributed by atoms with Gasteiger partial charge in [-0.15, -0.1) is 0 Å². The molecule has 1 aliphatic carbocycles. The maximum Gasteiger partial charge on any atom is 0.254 e. The third kappa shape index (κ3) is 3.16. The second-order valence-corrected chi connectivity index (χ2v) is 8.22. The van der Waals surface area contributed by atoms with Crippen molar-refractivity contribution in [1.29, 1.82) is 0 Å². The lowest BCUT2D eigenvalue weighted by atomic mass is 10.0. The molecule has 2 aromatic heterocycles. The standard InChI is InChI=1S/C25H24N4O/c1-28(2)25(30)20-14-22(26-21-12-8-7-11-17(20)21)18-13-19(18)24-27-23(15-29(24)3)16-9-5-4-6-10-16/h4-12,14-15,18-19H,13H2,1-3H3. The molecule has 1 fully saturated rings. The van der Waals surface area contributed by atoms with Crippen molar-refractivity contribution in [3.8, 4) is 11.3 Å². The number of carbonyl (C=O) groups is 1. The number of para-hydroxylation sites is 1. The molecule has 2 heterocycles. The minimum Gasteiger partial charge on any atom is -0.345 e. The Hall–Kier alpha value is -3.47. The van der Waals surface area contributed by atoms with Crippen LogP contribution in [-0.2, 0) is 7.05 Å². The summed E-state index contributed by atoms with van der Waals surface area (Å²) in [6.45, 7) is 0. The molecule has 0 N–H and O–H groups in total. The van der Waals surface area contributed by atoms with Gasteiger partial charge in [0.15, 0.2) is 0 Å². The van der Waals surface area contributed by atoms with Gasteiger partial charge < -0.3 is 9.47 Å². The SMILES string of the molecule is CN(C)C(=O)c1cc(C2CC2c2nc(-c3ccccc3)cn2C)nc2ccccc12. The molecule has 1 saturated carbocycles. The van der Waals surface area contributed by atoms with E-state index in [-0.39, 0.29) is 11.8 Å². The van der Waals surface area contributed by atoms with Crippen molar-refractivity contribution in [2.24, 2.45) is 7.05 Å². The second kappa shape index (κ2) is 7.10. The van der Waals surface area contributed by atoms with Gasteiger partial charge in [-0.05, 0) is 18.6 Å². The molecule has 2 aromatic carbocycles. The zero-order chi connectivity index (χ0) is 20.8. The number of hydrogen-bond donors (Lipinski definition) is 0. The van der Waals surface area contributed by atoms with Crippen LogP contribution in [-0.4, -0.2) is 39.4 Å². The Morgan fingerprint density at radius 3 is 2.50 bits per heavy atom. The van der Waals surface area contributed by atoms with Crippen LogP contribution in [0.3, 0.4) is 0 Å². The Bertz CT molecular complexity index is 1240. The van der Waals surface area contributed by atoms with Crippen molar-refractivity contribution in [1.82, 2.24) is 19.4 Å². The molecule has 5 nitrogen and oxygen atoms in total. The van der Waals surface area contributed by atoms with E-state index in [1.807, 2.05) is 48.5 Å². The normalized spacial score (nSPS) is 17.8. The molecule has 30 heavy (non-hydrogen) atoms. The lowest BCUT2D eigenvalue weighted by molar-refractivity contribution is 0.0829. The number of hydrogen-bond acceptors (Lipinski definition) is 3. The Morgan fingerprint density at radius 1 is 1.00 bits per heavy atom. The molecule has 2 atom stereocenters. The van der Waals surface area contributed by atoms with Crippen LogP contribution in [0.1, 0.15) is 40.1 Å². The van der Waals surface area contributed by atoms with Crippen LogP contribution in [0, 0.1) is 0 Å². The quantitative estimate of drug-likeness (QED) is 0.506. The minimum absolute atomic E-state index is 0.00963. The summed E-state index contributed by atoms with van der Waals surface area (Å²) < 4.78 is 2.12. The van der Waals surface area contributed by atoms with Crippen LogP contribution in [0.4, 0.5) is 0 Å². The van der Waals surface area contributed by atoms with Crippen molar-refractivity contribution in [3.05, 3.63) is 83.9 Å². The second-order valence-electron chi connectivity index (χ2n) is 8.22. The van der Waals surface area contributed by atoms with Crippen LogP contribution in [0.15, 0.2) is 66.9 Å². The Labute approximate surface area is 176 Å². The van der Waals surface area contributed by atoms with Gasteiger partial charge in [-0.2, -0.15) is 0 Å². The molecular weight excluding hydrogens is 372 g/mol. The smallest absolute Gasteiger partial charge is 0.254 e. The number of pyridine rings is 1. The summed E-state index contributed by atoms with van der Waals surface area (Å²) in [6.07, 6.45) is 3.09. The van der Waals surface area contributed by atoms with Gasteiger partial charge in [0.25, 0.3) is 5.91 Å². The van der Waals surface area contributed by atoms with Gasteiger partial charge in [0.05, 0.1) is 16.8 Å². The first-order valence-corrected chi connectivity index (χ1v) is 10.2.